The Kier molecular flexibility index (Phi) is 3.44. The third kappa shape index (κ3) is 2.65. The Morgan fingerprint density at radius 3 is 2.67 bits per heavy atom. The number of carbonyl (C=O) groups is 1. The predicted octanol–water partition coefficient (Wildman–Crippen LogP) is 3.39. The summed E-state index contributed by atoms with van der Waals surface area (Å²) in [5.41, 5.74) is 4.53. The molecule has 0 unspecified atom stereocenters. The van der Waals surface area contributed by atoms with E-state index in [0.717, 1.165) is 23.1 Å². The van der Waals surface area contributed by atoms with Crippen molar-refractivity contribution in [2.24, 2.45) is 7.05 Å². The zero-order valence-electron chi connectivity index (χ0n) is 12.1. The van der Waals surface area contributed by atoms with E-state index in [4.69, 9.17) is 0 Å². The highest BCUT2D eigenvalue weighted by atomic mass is 16.1. The maximum Gasteiger partial charge on any atom is 0.255 e. The van der Waals surface area contributed by atoms with E-state index in [1.807, 2.05) is 48.0 Å². The summed E-state index contributed by atoms with van der Waals surface area (Å²) in [6.45, 7) is 2.11. The first kappa shape index (κ1) is 13.4. The molecule has 106 valence electrons. The van der Waals surface area contributed by atoms with E-state index in [0.29, 0.717) is 5.56 Å². The van der Waals surface area contributed by atoms with E-state index >= 15 is 0 Å². The lowest BCUT2D eigenvalue weighted by Crippen LogP contribution is -2.11. The summed E-state index contributed by atoms with van der Waals surface area (Å²) in [6, 6.07) is 13.4. The van der Waals surface area contributed by atoms with E-state index in [1.165, 1.54) is 5.56 Å². The van der Waals surface area contributed by atoms with Gasteiger partial charge < -0.3 is 9.88 Å². The molecule has 0 saturated heterocycles. The fourth-order valence-corrected chi connectivity index (χ4v) is 2.29. The first-order valence-electron chi connectivity index (χ1n) is 6.99. The Hall–Kier alpha value is -2.62. The number of aromatic nitrogens is 2. The third-order valence-electron chi connectivity index (χ3n) is 3.61. The molecule has 0 spiro atoms. The zero-order chi connectivity index (χ0) is 14.8. The molecule has 0 aliphatic heterocycles. The van der Waals surface area contributed by atoms with Crippen molar-refractivity contribution in [1.82, 2.24) is 9.55 Å². The molecule has 21 heavy (non-hydrogen) atoms. The van der Waals surface area contributed by atoms with E-state index in [1.54, 1.807) is 12.4 Å². The van der Waals surface area contributed by atoms with Crippen molar-refractivity contribution in [1.29, 1.82) is 0 Å². The van der Waals surface area contributed by atoms with Gasteiger partial charge in [-0.3, -0.25) is 4.79 Å². The molecule has 0 saturated carbocycles. The molecule has 0 aliphatic carbocycles. The number of benzene rings is 2. The topological polar surface area (TPSA) is 46.9 Å². The van der Waals surface area contributed by atoms with Crippen molar-refractivity contribution >= 4 is 22.6 Å². The maximum atomic E-state index is 12.3. The second-order valence-corrected chi connectivity index (χ2v) is 5.06. The lowest BCUT2D eigenvalue weighted by Gasteiger charge is -2.06. The summed E-state index contributed by atoms with van der Waals surface area (Å²) in [5, 5.41) is 2.92. The minimum atomic E-state index is -0.109. The Bertz CT molecular complexity index is 787. The average Bonchev–Trinajstić information content (AvgIpc) is 2.89. The van der Waals surface area contributed by atoms with Gasteiger partial charge in [-0.25, -0.2) is 4.98 Å². The molecule has 4 heteroatoms. The molecule has 1 heterocycles. The number of rotatable bonds is 3. The molecule has 1 aromatic heterocycles. The van der Waals surface area contributed by atoms with Crippen molar-refractivity contribution in [3.8, 4) is 0 Å². The maximum absolute atomic E-state index is 12.3. The molecule has 1 amide bonds. The second-order valence-electron chi connectivity index (χ2n) is 5.06. The van der Waals surface area contributed by atoms with Crippen LogP contribution in [-0.2, 0) is 13.5 Å². The monoisotopic (exact) mass is 279 g/mol. The standard InChI is InChI=1S/C17H17N3O/c1-3-12-4-7-14(8-5-12)19-17(21)13-6-9-15-16(10-13)20(2)11-18-15/h4-11H,3H2,1-2H3,(H,19,21). The number of fused-ring (bicyclic) bond motifs is 1. The molecule has 3 aromatic rings. The SMILES string of the molecule is CCc1ccc(NC(=O)c2ccc3ncn(C)c3c2)cc1. The normalized spacial score (nSPS) is 10.8. The molecule has 0 fully saturated rings. The van der Waals surface area contributed by atoms with E-state index in [2.05, 4.69) is 17.2 Å². The van der Waals surface area contributed by atoms with Crippen LogP contribution in [-0.4, -0.2) is 15.5 Å². The van der Waals surface area contributed by atoms with E-state index in [-0.39, 0.29) is 5.91 Å². The van der Waals surface area contributed by atoms with Crippen LogP contribution in [0.25, 0.3) is 11.0 Å². The Labute approximate surface area is 123 Å². The number of anilines is 1. The molecule has 1 N–H and O–H groups in total. The van der Waals surface area contributed by atoms with Gasteiger partial charge in [0, 0.05) is 18.3 Å². The number of aryl methyl sites for hydroxylation is 2. The Morgan fingerprint density at radius 2 is 1.95 bits per heavy atom. The van der Waals surface area contributed by atoms with Gasteiger partial charge in [-0.15, -0.1) is 0 Å². The van der Waals surface area contributed by atoms with Crippen molar-refractivity contribution in [2.75, 3.05) is 5.32 Å². The van der Waals surface area contributed by atoms with Crippen LogP contribution in [0.2, 0.25) is 0 Å². The highest BCUT2D eigenvalue weighted by Crippen LogP contribution is 2.16. The van der Waals surface area contributed by atoms with Gasteiger partial charge in [0.2, 0.25) is 0 Å². The van der Waals surface area contributed by atoms with Gasteiger partial charge in [0.15, 0.2) is 0 Å². The number of nitrogens with one attached hydrogen (secondary N) is 1. The van der Waals surface area contributed by atoms with Crippen LogP contribution in [0.1, 0.15) is 22.8 Å². The second kappa shape index (κ2) is 5.40. The summed E-state index contributed by atoms with van der Waals surface area (Å²) in [5.74, 6) is -0.109. The van der Waals surface area contributed by atoms with Gasteiger partial charge in [0.25, 0.3) is 5.91 Å². The summed E-state index contributed by atoms with van der Waals surface area (Å²) < 4.78 is 1.90. The molecule has 3 rings (SSSR count). The largest absolute Gasteiger partial charge is 0.334 e. The van der Waals surface area contributed by atoms with Gasteiger partial charge >= 0.3 is 0 Å². The molecular weight excluding hydrogens is 262 g/mol. The highest BCUT2D eigenvalue weighted by Gasteiger charge is 2.08. The van der Waals surface area contributed by atoms with Crippen LogP contribution in [0.3, 0.4) is 0 Å². The summed E-state index contributed by atoms with van der Waals surface area (Å²) >= 11 is 0. The van der Waals surface area contributed by atoms with Crippen LogP contribution in [0.4, 0.5) is 5.69 Å². The van der Waals surface area contributed by atoms with Crippen molar-refractivity contribution in [3.63, 3.8) is 0 Å². The number of imidazole rings is 1. The van der Waals surface area contributed by atoms with Crippen molar-refractivity contribution < 1.29 is 4.79 Å². The lowest BCUT2D eigenvalue weighted by molar-refractivity contribution is 0.102. The Balaban J connectivity index is 1.83. The highest BCUT2D eigenvalue weighted by molar-refractivity contribution is 6.05. The summed E-state index contributed by atoms with van der Waals surface area (Å²) in [6.07, 6.45) is 2.74. The molecule has 0 radical (unpaired) electrons. The first-order chi connectivity index (χ1) is 10.2. The van der Waals surface area contributed by atoms with E-state index < -0.39 is 0 Å². The fraction of sp³-hybridized carbons (Fsp3) is 0.176. The molecule has 0 bridgehead atoms. The third-order valence-corrected chi connectivity index (χ3v) is 3.61. The van der Waals surface area contributed by atoms with Gasteiger partial charge in [0.1, 0.15) is 0 Å². The van der Waals surface area contributed by atoms with Gasteiger partial charge in [-0.1, -0.05) is 19.1 Å². The first-order valence-corrected chi connectivity index (χ1v) is 6.99. The minimum Gasteiger partial charge on any atom is -0.334 e. The number of amides is 1. The molecule has 4 nitrogen and oxygen atoms in total. The number of carbonyl (C=O) groups excluding carboxylic acids is 1. The van der Waals surface area contributed by atoms with E-state index in [9.17, 15) is 4.79 Å². The summed E-state index contributed by atoms with van der Waals surface area (Å²) in [4.78, 5) is 16.6. The quantitative estimate of drug-likeness (QED) is 0.799. The van der Waals surface area contributed by atoms with Gasteiger partial charge in [0.05, 0.1) is 17.4 Å². The number of nitrogens with zero attached hydrogens (tertiary/aromatic N) is 2. The van der Waals surface area contributed by atoms with Crippen LogP contribution in [0.5, 0.6) is 0 Å². The van der Waals surface area contributed by atoms with Crippen molar-refractivity contribution in [3.05, 3.63) is 59.9 Å². The minimum absolute atomic E-state index is 0.109. The van der Waals surface area contributed by atoms with Gasteiger partial charge in [-0.05, 0) is 42.3 Å². The fourth-order valence-electron chi connectivity index (χ4n) is 2.29. The lowest BCUT2D eigenvalue weighted by atomic mass is 10.1. The van der Waals surface area contributed by atoms with Crippen LogP contribution in [0, 0.1) is 0 Å². The predicted molar refractivity (Wildman–Crippen MR) is 84.5 cm³/mol. The zero-order valence-corrected chi connectivity index (χ0v) is 12.1. The van der Waals surface area contributed by atoms with Gasteiger partial charge in [-0.2, -0.15) is 0 Å². The molecular formula is C17H17N3O. The van der Waals surface area contributed by atoms with Crippen LogP contribution >= 0.6 is 0 Å². The number of hydrogen-bond acceptors (Lipinski definition) is 2. The number of hydrogen-bond donors (Lipinski definition) is 1. The Morgan fingerprint density at radius 1 is 1.19 bits per heavy atom. The molecule has 0 aliphatic rings. The molecule has 2 aromatic carbocycles. The van der Waals surface area contributed by atoms with Crippen LogP contribution < -0.4 is 5.32 Å². The molecule has 0 atom stereocenters. The van der Waals surface area contributed by atoms with Crippen molar-refractivity contribution in [2.45, 2.75) is 13.3 Å². The average molecular weight is 279 g/mol. The van der Waals surface area contributed by atoms with Crippen LogP contribution in [0.15, 0.2) is 48.8 Å². The summed E-state index contributed by atoms with van der Waals surface area (Å²) in [7, 11) is 1.92. The smallest absolute Gasteiger partial charge is 0.255 e.